The molecule has 0 aliphatic carbocycles. The van der Waals surface area contributed by atoms with Crippen LogP contribution in [0, 0.1) is 24.7 Å². The lowest BCUT2D eigenvalue weighted by Crippen LogP contribution is -2.39. The number of nitrogens with zero attached hydrogens (tertiary/aromatic N) is 2. The number of hydrogen-bond donors (Lipinski definition) is 0. The molecular formula is C29H59N2O4P. The molecule has 0 radical (unpaired) electrons. The SMILES string of the molecule is CCCCC(CC)COP(=O)([O-])OCC(CC)CCCC.CCCCC(CC)C[n+]1ccn(C)c1C. The second-order valence-corrected chi connectivity index (χ2v) is 11.8. The summed E-state index contributed by atoms with van der Waals surface area (Å²) in [6.07, 6.45) is 18.1. The van der Waals surface area contributed by atoms with E-state index in [-0.39, 0.29) is 13.2 Å². The Morgan fingerprint density at radius 1 is 0.833 bits per heavy atom. The molecule has 1 rings (SSSR count). The first-order valence-corrected chi connectivity index (χ1v) is 16.2. The van der Waals surface area contributed by atoms with E-state index < -0.39 is 7.82 Å². The predicted octanol–water partition coefficient (Wildman–Crippen LogP) is 7.76. The van der Waals surface area contributed by atoms with Crippen LogP contribution in [-0.4, -0.2) is 17.8 Å². The number of unbranched alkanes of at least 4 members (excludes halogenated alkanes) is 3. The molecule has 1 aromatic rings. The molecule has 36 heavy (non-hydrogen) atoms. The number of aromatic nitrogens is 2. The van der Waals surface area contributed by atoms with Crippen molar-refractivity contribution in [3.8, 4) is 0 Å². The monoisotopic (exact) mass is 530 g/mol. The first kappa shape index (κ1) is 35.3. The van der Waals surface area contributed by atoms with Gasteiger partial charge in [0.05, 0.1) is 26.8 Å². The second kappa shape index (κ2) is 21.3. The van der Waals surface area contributed by atoms with Gasteiger partial charge in [0.25, 0.3) is 13.6 Å². The van der Waals surface area contributed by atoms with E-state index in [1.165, 1.54) is 38.1 Å². The van der Waals surface area contributed by atoms with Crippen LogP contribution in [0.15, 0.2) is 12.4 Å². The highest BCUT2D eigenvalue weighted by molar-refractivity contribution is 7.45. The highest BCUT2D eigenvalue weighted by Crippen LogP contribution is 2.40. The largest absolute Gasteiger partial charge is 0.756 e. The molecule has 0 amide bonds. The summed E-state index contributed by atoms with van der Waals surface area (Å²) < 4.78 is 26.5. The molecule has 0 saturated carbocycles. The van der Waals surface area contributed by atoms with E-state index in [9.17, 15) is 9.46 Å². The van der Waals surface area contributed by atoms with E-state index in [0.29, 0.717) is 11.8 Å². The molecular weight excluding hydrogens is 471 g/mol. The Labute approximate surface area is 223 Å². The van der Waals surface area contributed by atoms with Crippen molar-refractivity contribution in [3.63, 3.8) is 0 Å². The van der Waals surface area contributed by atoms with E-state index in [4.69, 9.17) is 9.05 Å². The fraction of sp³-hybridized carbons (Fsp3) is 0.897. The number of phosphoric ester groups is 1. The van der Waals surface area contributed by atoms with E-state index in [2.05, 4.69) is 77.0 Å². The van der Waals surface area contributed by atoms with E-state index in [0.717, 1.165) is 57.3 Å². The van der Waals surface area contributed by atoms with Gasteiger partial charge in [-0.1, -0.05) is 92.9 Å². The molecule has 7 heteroatoms. The lowest BCUT2D eigenvalue weighted by molar-refractivity contribution is -0.708. The summed E-state index contributed by atoms with van der Waals surface area (Å²) in [5.41, 5.74) is 0. The zero-order valence-corrected chi connectivity index (χ0v) is 25.9. The Balaban J connectivity index is 0.000000717. The van der Waals surface area contributed by atoms with Gasteiger partial charge in [0.15, 0.2) is 0 Å². The molecule has 1 aromatic heterocycles. The van der Waals surface area contributed by atoms with Crippen LogP contribution in [0.5, 0.6) is 0 Å². The van der Waals surface area contributed by atoms with Crippen molar-refractivity contribution in [2.75, 3.05) is 13.2 Å². The third-order valence-corrected chi connectivity index (χ3v) is 8.35. The first-order chi connectivity index (χ1) is 17.2. The summed E-state index contributed by atoms with van der Waals surface area (Å²) in [6.45, 7) is 16.9. The third-order valence-electron chi connectivity index (χ3n) is 7.42. The molecule has 214 valence electrons. The molecule has 0 bridgehead atoms. The Bertz CT molecular complexity index is 671. The van der Waals surface area contributed by atoms with Crippen molar-refractivity contribution in [1.29, 1.82) is 0 Å². The summed E-state index contributed by atoms with van der Waals surface area (Å²) in [5.74, 6) is 2.80. The van der Waals surface area contributed by atoms with Crippen LogP contribution in [0.4, 0.5) is 0 Å². The molecule has 0 aromatic carbocycles. The molecule has 0 aliphatic heterocycles. The van der Waals surface area contributed by atoms with Gasteiger partial charge in [0, 0.05) is 6.92 Å². The number of hydrogen-bond acceptors (Lipinski definition) is 4. The second-order valence-electron chi connectivity index (χ2n) is 10.4. The number of aryl methyl sites for hydroxylation is 1. The van der Waals surface area contributed by atoms with Crippen LogP contribution >= 0.6 is 7.82 Å². The Hall–Kier alpha value is -0.680. The minimum Gasteiger partial charge on any atom is -0.756 e. The fourth-order valence-electron chi connectivity index (χ4n) is 4.21. The lowest BCUT2D eigenvalue weighted by atomic mass is 9.99. The fourth-order valence-corrected chi connectivity index (χ4v) is 5.08. The van der Waals surface area contributed by atoms with Gasteiger partial charge in [0.1, 0.15) is 12.4 Å². The van der Waals surface area contributed by atoms with Crippen LogP contribution in [0.3, 0.4) is 0 Å². The third kappa shape index (κ3) is 16.2. The zero-order chi connectivity index (χ0) is 27.4. The van der Waals surface area contributed by atoms with Crippen LogP contribution < -0.4 is 9.46 Å². The predicted molar refractivity (Wildman–Crippen MR) is 150 cm³/mol. The van der Waals surface area contributed by atoms with E-state index in [1.807, 2.05) is 0 Å². The quantitative estimate of drug-likeness (QED) is 0.128. The van der Waals surface area contributed by atoms with Crippen molar-refractivity contribution in [1.82, 2.24) is 4.57 Å². The zero-order valence-electron chi connectivity index (χ0n) is 25.0. The molecule has 6 nitrogen and oxygen atoms in total. The topological polar surface area (TPSA) is 67.4 Å². The maximum absolute atomic E-state index is 11.8. The molecule has 1 heterocycles. The summed E-state index contributed by atoms with van der Waals surface area (Å²) in [4.78, 5) is 11.8. The highest BCUT2D eigenvalue weighted by atomic mass is 31.2. The molecule has 3 unspecified atom stereocenters. The minimum absolute atomic E-state index is 0.253. The lowest BCUT2D eigenvalue weighted by Gasteiger charge is -2.27. The number of phosphoric acid groups is 1. The first-order valence-electron chi connectivity index (χ1n) is 14.8. The molecule has 0 aliphatic rings. The summed E-state index contributed by atoms with van der Waals surface area (Å²) >= 11 is 0. The molecule has 0 N–H and O–H groups in total. The van der Waals surface area contributed by atoms with Crippen LogP contribution in [0.2, 0.25) is 0 Å². The number of rotatable bonds is 20. The summed E-state index contributed by atoms with van der Waals surface area (Å²) in [7, 11) is -2.03. The van der Waals surface area contributed by atoms with E-state index >= 15 is 0 Å². The average molecular weight is 531 g/mol. The molecule has 0 saturated heterocycles. The van der Waals surface area contributed by atoms with E-state index in [1.54, 1.807) is 0 Å². The van der Waals surface area contributed by atoms with Crippen LogP contribution in [0.1, 0.15) is 124 Å². The molecule has 0 spiro atoms. The Kier molecular flexibility index (Phi) is 20.9. The van der Waals surface area contributed by atoms with Gasteiger partial charge in [-0.3, -0.25) is 4.57 Å². The van der Waals surface area contributed by atoms with Crippen LogP contribution in [-0.2, 0) is 27.2 Å². The van der Waals surface area contributed by atoms with Crippen LogP contribution in [0.25, 0.3) is 0 Å². The van der Waals surface area contributed by atoms with Gasteiger partial charge >= 0.3 is 0 Å². The van der Waals surface area contributed by atoms with Gasteiger partial charge in [-0.15, -0.1) is 0 Å². The average Bonchev–Trinajstić information content (AvgIpc) is 3.19. The minimum atomic E-state index is -4.14. The molecule has 3 atom stereocenters. The molecule has 0 fully saturated rings. The highest BCUT2D eigenvalue weighted by Gasteiger charge is 2.17. The van der Waals surface area contributed by atoms with Crippen molar-refractivity contribution in [2.24, 2.45) is 24.8 Å². The summed E-state index contributed by atoms with van der Waals surface area (Å²) in [5, 5.41) is 0. The Morgan fingerprint density at radius 3 is 1.58 bits per heavy atom. The Morgan fingerprint density at radius 2 is 1.25 bits per heavy atom. The van der Waals surface area contributed by atoms with Crippen molar-refractivity contribution < 1.29 is 23.1 Å². The maximum Gasteiger partial charge on any atom is 0.267 e. The standard InChI is InChI=1S/C16H35O4P.C13H25N2/c1-5-9-11-15(7-3)13-19-21(17,18)20-14-16(8-4)12-10-6-2;1-5-7-8-13(6-2)11-15-10-9-14(4)12(15)3/h15-16H,5-14H2,1-4H3,(H,17,18);9-10,13H,5-8,11H2,1-4H3/q;+1/p-1. The van der Waals surface area contributed by atoms with Crippen molar-refractivity contribution >= 4 is 7.82 Å². The summed E-state index contributed by atoms with van der Waals surface area (Å²) in [6, 6.07) is 0. The normalized spacial score (nSPS) is 15.6. The van der Waals surface area contributed by atoms with Gasteiger partial charge in [0.2, 0.25) is 0 Å². The maximum atomic E-state index is 11.8. The van der Waals surface area contributed by atoms with Gasteiger partial charge in [-0.25, -0.2) is 9.13 Å². The number of imidazole rings is 1. The van der Waals surface area contributed by atoms with Crippen molar-refractivity contribution in [3.05, 3.63) is 18.2 Å². The van der Waals surface area contributed by atoms with Crippen molar-refractivity contribution in [2.45, 2.75) is 132 Å². The smallest absolute Gasteiger partial charge is 0.267 e. The van der Waals surface area contributed by atoms with Gasteiger partial charge in [-0.05, 0) is 43.4 Å². The van der Waals surface area contributed by atoms with Gasteiger partial charge in [-0.2, -0.15) is 0 Å². The van der Waals surface area contributed by atoms with Gasteiger partial charge < -0.3 is 13.9 Å².